The Balaban J connectivity index is 1.40. The highest BCUT2D eigenvalue weighted by atomic mass is 32.2. The average molecular weight is 390 g/mol. The van der Waals surface area contributed by atoms with Crippen LogP contribution < -0.4 is 10.3 Å². The fourth-order valence-corrected chi connectivity index (χ4v) is 4.17. The molecule has 2 aromatic rings. The predicted octanol–water partition coefficient (Wildman–Crippen LogP) is 2.48. The number of H-pyrrole nitrogens is 1. The Labute approximate surface area is 160 Å². The summed E-state index contributed by atoms with van der Waals surface area (Å²) in [5.41, 5.74) is 0.209. The van der Waals surface area contributed by atoms with E-state index in [2.05, 4.69) is 15.0 Å². The lowest BCUT2D eigenvalue weighted by Crippen LogP contribution is -2.38. The molecule has 144 valence electrons. The number of piperidine rings is 1. The maximum absolute atomic E-state index is 12.3. The lowest BCUT2D eigenvalue weighted by atomic mass is 10.1. The van der Waals surface area contributed by atoms with Crippen molar-refractivity contribution in [2.24, 2.45) is 5.92 Å². The number of nitrogens with one attached hydrogen (secondary N) is 1. The smallest absolute Gasteiger partial charge is 0.407 e. The van der Waals surface area contributed by atoms with Gasteiger partial charge in [-0.3, -0.25) is 4.79 Å². The third kappa shape index (κ3) is 4.52. The Morgan fingerprint density at radius 1 is 1.26 bits per heavy atom. The second-order valence-corrected chi connectivity index (χ2v) is 8.36. The molecule has 1 amide bonds. The van der Waals surface area contributed by atoms with Gasteiger partial charge in [-0.05, 0) is 37.7 Å². The van der Waals surface area contributed by atoms with Gasteiger partial charge in [-0.1, -0.05) is 0 Å². The van der Waals surface area contributed by atoms with Gasteiger partial charge < -0.3 is 19.7 Å². The third-order valence-corrected chi connectivity index (χ3v) is 6.31. The second kappa shape index (κ2) is 7.75. The summed E-state index contributed by atoms with van der Waals surface area (Å²) in [6.07, 6.45) is 3.18. The first kappa shape index (κ1) is 18.1. The maximum Gasteiger partial charge on any atom is 0.407 e. The minimum absolute atomic E-state index is 0.197. The van der Waals surface area contributed by atoms with Crippen molar-refractivity contribution in [1.82, 2.24) is 19.9 Å². The molecule has 2 aromatic heterocycles. The van der Waals surface area contributed by atoms with Gasteiger partial charge in [0.05, 0.1) is 17.7 Å². The first-order valence-corrected chi connectivity index (χ1v) is 10.3. The molecule has 27 heavy (non-hydrogen) atoms. The van der Waals surface area contributed by atoms with E-state index >= 15 is 0 Å². The average Bonchev–Trinajstić information content (AvgIpc) is 3.49. The van der Waals surface area contributed by atoms with E-state index in [1.54, 1.807) is 23.9 Å². The molecule has 2 aliphatic rings. The number of aromatic nitrogens is 3. The molecule has 1 saturated carbocycles. The molecule has 0 bridgehead atoms. The molecule has 8 nitrogen and oxygen atoms in total. The number of nitrogens with zero attached hydrogens (tertiary/aromatic N) is 3. The van der Waals surface area contributed by atoms with Crippen molar-refractivity contribution in [3.05, 3.63) is 28.3 Å². The topological polar surface area (TPSA) is 108 Å². The van der Waals surface area contributed by atoms with Crippen LogP contribution in [0.25, 0.3) is 11.0 Å². The highest BCUT2D eigenvalue weighted by Gasteiger charge is 2.23. The van der Waals surface area contributed by atoms with Crippen LogP contribution in [0.3, 0.4) is 0 Å². The van der Waals surface area contributed by atoms with Crippen LogP contribution >= 0.6 is 11.8 Å². The lowest BCUT2D eigenvalue weighted by molar-refractivity contribution is 0.136. The molecule has 0 atom stereocenters. The van der Waals surface area contributed by atoms with Crippen LogP contribution in [0, 0.1) is 5.92 Å². The van der Waals surface area contributed by atoms with Gasteiger partial charge in [0.25, 0.3) is 5.56 Å². The molecule has 2 N–H and O–H groups in total. The van der Waals surface area contributed by atoms with E-state index in [0.717, 1.165) is 12.8 Å². The zero-order valence-corrected chi connectivity index (χ0v) is 15.7. The summed E-state index contributed by atoms with van der Waals surface area (Å²) < 4.78 is 5.68. The number of aromatic amines is 1. The van der Waals surface area contributed by atoms with E-state index in [1.165, 1.54) is 17.7 Å². The van der Waals surface area contributed by atoms with Gasteiger partial charge in [0.2, 0.25) is 5.88 Å². The van der Waals surface area contributed by atoms with Crippen LogP contribution in [0.5, 0.6) is 5.88 Å². The van der Waals surface area contributed by atoms with Gasteiger partial charge in [0.15, 0.2) is 5.65 Å². The Morgan fingerprint density at radius 2 is 2.04 bits per heavy atom. The summed E-state index contributed by atoms with van der Waals surface area (Å²) in [5.74, 6) is 2.30. The normalized spacial score (nSPS) is 18.0. The van der Waals surface area contributed by atoms with Crippen molar-refractivity contribution in [2.45, 2.75) is 36.7 Å². The molecule has 0 spiro atoms. The molecule has 0 unspecified atom stereocenters. The van der Waals surface area contributed by atoms with Gasteiger partial charge in [-0.25, -0.2) is 9.78 Å². The van der Waals surface area contributed by atoms with Crippen LogP contribution in [-0.2, 0) is 5.75 Å². The molecular formula is C18H22N4O4S. The van der Waals surface area contributed by atoms with E-state index in [1.807, 2.05) is 0 Å². The number of thioether (sulfide) groups is 1. The van der Waals surface area contributed by atoms with Crippen LogP contribution in [-0.4, -0.2) is 56.0 Å². The fraction of sp³-hybridized carbons (Fsp3) is 0.556. The minimum atomic E-state index is -0.857. The van der Waals surface area contributed by atoms with Crippen molar-refractivity contribution in [3.8, 4) is 5.88 Å². The molecule has 1 aliphatic heterocycles. The molecular weight excluding hydrogens is 368 g/mol. The van der Waals surface area contributed by atoms with Gasteiger partial charge in [0, 0.05) is 24.4 Å². The predicted molar refractivity (Wildman–Crippen MR) is 102 cm³/mol. The standard InChI is InChI=1S/C18H22N4O4S/c23-17-13-3-4-15(26-9-11-1-2-11)21-16(13)19-14(20-17)10-27-12-5-7-22(8-6-12)18(24)25/h3-4,11-12H,1-2,5-10H2,(H,24,25)(H,19,20,21,23). The number of pyridine rings is 1. The zero-order valence-electron chi connectivity index (χ0n) is 14.9. The number of hydrogen-bond donors (Lipinski definition) is 2. The zero-order chi connectivity index (χ0) is 18.8. The van der Waals surface area contributed by atoms with Crippen molar-refractivity contribution in [1.29, 1.82) is 0 Å². The molecule has 0 radical (unpaired) electrons. The summed E-state index contributed by atoms with van der Waals surface area (Å²) in [6.45, 7) is 1.77. The molecule has 3 heterocycles. The van der Waals surface area contributed by atoms with Crippen molar-refractivity contribution in [3.63, 3.8) is 0 Å². The number of amides is 1. The molecule has 0 aromatic carbocycles. The lowest BCUT2D eigenvalue weighted by Gasteiger charge is -2.29. The van der Waals surface area contributed by atoms with E-state index in [-0.39, 0.29) is 5.56 Å². The monoisotopic (exact) mass is 390 g/mol. The summed E-state index contributed by atoms with van der Waals surface area (Å²) in [4.78, 5) is 36.4. The van der Waals surface area contributed by atoms with E-state index in [4.69, 9.17) is 9.84 Å². The molecule has 1 saturated heterocycles. The molecule has 9 heteroatoms. The molecule has 1 aliphatic carbocycles. The Morgan fingerprint density at radius 3 is 2.74 bits per heavy atom. The number of likely N-dealkylation sites (tertiary alicyclic amines) is 1. The van der Waals surface area contributed by atoms with E-state index in [0.29, 0.717) is 59.4 Å². The quantitative estimate of drug-likeness (QED) is 0.780. The first-order chi connectivity index (χ1) is 13.1. The van der Waals surface area contributed by atoms with Crippen LogP contribution in [0.4, 0.5) is 4.79 Å². The van der Waals surface area contributed by atoms with Crippen LogP contribution in [0.15, 0.2) is 16.9 Å². The van der Waals surface area contributed by atoms with E-state index < -0.39 is 6.09 Å². The maximum atomic E-state index is 12.3. The number of rotatable bonds is 6. The van der Waals surface area contributed by atoms with Gasteiger partial charge in [-0.2, -0.15) is 16.7 Å². The Bertz CT molecular complexity index is 891. The number of ether oxygens (including phenoxy) is 1. The summed E-state index contributed by atoms with van der Waals surface area (Å²) in [6, 6.07) is 3.42. The molecule has 4 rings (SSSR count). The van der Waals surface area contributed by atoms with Gasteiger partial charge in [-0.15, -0.1) is 0 Å². The SMILES string of the molecule is O=C(O)N1CCC(SCc2nc3nc(OCC4CC4)ccc3c(=O)[nH]2)CC1. The Hall–Kier alpha value is -2.29. The summed E-state index contributed by atoms with van der Waals surface area (Å²) in [7, 11) is 0. The van der Waals surface area contributed by atoms with Crippen LogP contribution in [0.2, 0.25) is 0 Å². The van der Waals surface area contributed by atoms with Crippen LogP contribution in [0.1, 0.15) is 31.5 Å². The first-order valence-electron chi connectivity index (χ1n) is 9.20. The van der Waals surface area contributed by atoms with E-state index in [9.17, 15) is 9.59 Å². The number of fused-ring (bicyclic) bond motifs is 1. The number of hydrogen-bond acceptors (Lipinski definition) is 6. The van der Waals surface area contributed by atoms with Crippen molar-refractivity contribution < 1.29 is 14.6 Å². The van der Waals surface area contributed by atoms with Gasteiger partial charge in [0.1, 0.15) is 5.82 Å². The second-order valence-electron chi connectivity index (χ2n) is 7.07. The highest BCUT2D eigenvalue weighted by molar-refractivity contribution is 7.99. The number of carbonyl (C=O) groups is 1. The third-order valence-electron chi connectivity index (χ3n) is 4.92. The van der Waals surface area contributed by atoms with Crippen molar-refractivity contribution >= 4 is 28.9 Å². The summed E-state index contributed by atoms with van der Waals surface area (Å²) >= 11 is 1.70. The van der Waals surface area contributed by atoms with Crippen molar-refractivity contribution in [2.75, 3.05) is 19.7 Å². The Kier molecular flexibility index (Phi) is 5.20. The summed E-state index contributed by atoms with van der Waals surface area (Å²) in [5, 5.41) is 9.83. The van der Waals surface area contributed by atoms with Gasteiger partial charge >= 0.3 is 6.09 Å². The number of carboxylic acid groups (broad SMARTS) is 1. The fourth-order valence-electron chi connectivity index (χ4n) is 3.09. The largest absolute Gasteiger partial charge is 0.477 e. The highest BCUT2D eigenvalue weighted by Crippen LogP contribution is 2.29. The molecule has 2 fully saturated rings. The minimum Gasteiger partial charge on any atom is -0.477 e.